The van der Waals surface area contributed by atoms with Gasteiger partial charge < -0.3 is 5.32 Å². The van der Waals surface area contributed by atoms with Crippen LogP contribution in [0.5, 0.6) is 0 Å². The number of rotatable bonds is 3. The molecule has 0 saturated carbocycles. The third kappa shape index (κ3) is 3.39. The van der Waals surface area contributed by atoms with E-state index in [2.05, 4.69) is 10.3 Å². The highest BCUT2D eigenvalue weighted by molar-refractivity contribution is 7.09. The molecule has 0 aliphatic rings. The molecule has 1 aromatic heterocycles. The second-order valence-corrected chi connectivity index (χ2v) is 6.01. The van der Waals surface area contributed by atoms with Gasteiger partial charge in [-0.25, -0.2) is 4.98 Å². The lowest BCUT2D eigenvalue weighted by Gasteiger charge is -2.08. The number of thiazole rings is 1. The third-order valence-corrected chi connectivity index (χ3v) is 4.31. The molecule has 0 unspecified atom stereocenters. The summed E-state index contributed by atoms with van der Waals surface area (Å²) in [6, 6.07) is 3.09. The summed E-state index contributed by atoms with van der Waals surface area (Å²) < 4.78 is 0. The van der Waals surface area contributed by atoms with Crippen LogP contribution in [0.4, 0.5) is 0 Å². The molecule has 0 aliphatic heterocycles. The van der Waals surface area contributed by atoms with Gasteiger partial charge >= 0.3 is 0 Å². The molecule has 2 rings (SSSR count). The number of halogens is 3. The number of aryl methyl sites for hydroxylation is 1. The quantitative estimate of drug-likeness (QED) is 0.848. The molecule has 19 heavy (non-hydrogen) atoms. The van der Waals surface area contributed by atoms with Crippen molar-refractivity contribution in [3.63, 3.8) is 0 Å². The van der Waals surface area contributed by atoms with Gasteiger partial charge in [-0.2, -0.15) is 0 Å². The first-order valence-electron chi connectivity index (χ1n) is 5.31. The van der Waals surface area contributed by atoms with E-state index in [1.54, 1.807) is 6.07 Å². The van der Waals surface area contributed by atoms with E-state index >= 15 is 0 Å². The smallest absolute Gasteiger partial charge is 0.254 e. The average Bonchev–Trinajstić information content (AvgIpc) is 2.78. The maximum Gasteiger partial charge on any atom is 0.254 e. The number of aromatic nitrogens is 1. The van der Waals surface area contributed by atoms with Crippen LogP contribution in [0.15, 0.2) is 17.5 Å². The van der Waals surface area contributed by atoms with E-state index in [0.29, 0.717) is 11.6 Å². The van der Waals surface area contributed by atoms with Crippen LogP contribution in [0.3, 0.4) is 0 Å². The average molecular weight is 336 g/mol. The highest BCUT2D eigenvalue weighted by atomic mass is 35.5. The van der Waals surface area contributed by atoms with E-state index in [4.69, 9.17) is 34.8 Å². The Kier molecular flexibility index (Phi) is 4.68. The second-order valence-electron chi connectivity index (χ2n) is 3.76. The molecule has 1 aromatic carbocycles. The van der Waals surface area contributed by atoms with Gasteiger partial charge in [0.1, 0.15) is 0 Å². The number of nitrogens with zero attached hydrogens (tertiary/aromatic N) is 1. The van der Waals surface area contributed by atoms with Gasteiger partial charge in [-0.05, 0) is 19.1 Å². The molecule has 1 heterocycles. The van der Waals surface area contributed by atoms with Crippen molar-refractivity contribution in [2.45, 2.75) is 13.5 Å². The fourth-order valence-electron chi connectivity index (χ4n) is 1.48. The number of nitrogens with one attached hydrogen (secondary N) is 1. The Labute approximate surface area is 129 Å². The number of amides is 1. The summed E-state index contributed by atoms with van der Waals surface area (Å²) in [7, 11) is 0. The molecule has 0 radical (unpaired) electrons. The van der Waals surface area contributed by atoms with Crippen LogP contribution in [0.1, 0.15) is 21.1 Å². The SMILES string of the molecule is Cc1nc(CNC(=O)c2c(Cl)ccc(Cl)c2Cl)cs1. The van der Waals surface area contributed by atoms with E-state index in [1.165, 1.54) is 17.4 Å². The van der Waals surface area contributed by atoms with Crippen LogP contribution in [0, 0.1) is 6.92 Å². The minimum absolute atomic E-state index is 0.154. The van der Waals surface area contributed by atoms with Crippen molar-refractivity contribution in [1.29, 1.82) is 0 Å². The molecule has 0 fully saturated rings. The molecule has 0 bridgehead atoms. The van der Waals surface area contributed by atoms with Gasteiger partial charge in [-0.15, -0.1) is 11.3 Å². The van der Waals surface area contributed by atoms with Crippen LogP contribution in [-0.4, -0.2) is 10.9 Å². The van der Waals surface area contributed by atoms with Crippen molar-refractivity contribution >= 4 is 52.0 Å². The summed E-state index contributed by atoms with van der Waals surface area (Å²) in [5.41, 5.74) is 0.980. The molecule has 2 aromatic rings. The summed E-state index contributed by atoms with van der Waals surface area (Å²) in [6.45, 7) is 2.23. The zero-order valence-corrected chi connectivity index (χ0v) is 12.9. The van der Waals surface area contributed by atoms with E-state index in [1.807, 2.05) is 12.3 Å². The topological polar surface area (TPSA) is 42.0 Å². The predicted octanol–water partition coefficient (Wildman–Crippen LogP) is 4.34. The number of benzene rings is 1. The van der Waals surface area contributed by atoms with E-state index in [-0.39, 0.29) is 21.5 Å². The highest BCUT2D eigenvalue weighted by Crippen LogP contribution is 2.31. The molecular weight excluding hydrogens is 327 g/mol. The first-order valence-corrected chi connectivity index (χ1v) is 7.33. The van der Waals surface area contributed by atoms with Gasteiger partial charge in [0.15, 0.2) is 0 Å². The van der Waals surface area contributed by atoms with Gasteiger partial charge in [0.05, 0.1) is 37.9 Å². The Morgan fingerprint density at radius 1 is 1.32 bits per heavy atom. The van der Waals surface area contributed by atoms with Gasteiger partial charge in [-0.3, -0.25) is 4.79 Å². The van der Waals surface area contributed by atoms with Crippen molar-refractivity contribution in [2.75, 3.05) is 0 Å². The monoisotopic (exact) mass is 334 g/mol. The predicted molar refractivity (Wildman–Crippen MR) is 79.5 cm³/mol. The fourth-order valence-corrected chi connectivity index (χ4v) is 2.80. The maximum atomic E-state index is 12.1. The van der Waals surface area contributed by atoms with Gasteiger partial charge in [0.2, 0.25) is 0 Å². The molecule has 0 spiro atoms. The molecule has 0 saturated heterocycles. The third-order valence-electron chi connectivity index (χ3n) is 2.37. The van der Waals surface area contributed by atoms with E-state index < -0.39 is 0 Å². The van der Waals surface area contributed by atoms with Crippen molar-refractivity contribution in [3.05, 3.63) is 48.8 Å². The molecule has 3 nitrogen and oxygen atoms in total. The zero-order valence-electron chi connectivity index (χ0n) is 9.84. The summed E-state index contributed by atoms with van der Waals surface area (Å²) in [5.74, 6) is -0.372. The Morgan fingerprint density at radius 3 is 2.63 bits per heavy atom. The summed E-state index contributed by atoms with van der Waals surface area (Å²) in [6.07, 6.45) is 0. The van der Waals surface area contributed by atoms with E-state index in [0.717, 1.165) is 10.7 Å². The molecule has 1 N–H and O–H groups in total. The van der Waals surface area contributed by atoms with Crippen molar-refractivity contribution in [2.24, 2.45) is 0 Å². The minimum Gasteiger partial charge on any atom is -0.346 e. The number of carbonyl (C=O) groups excluding carboxylic acids is 1. The van der Waals surface area contributed by atoms with Gasteiger partial charge in [0.25, 0.3) is 5.91 Å². The minimum atomic E-state index is -0.372. The Hall–Kier alpha value is -0.810. The number of hydrogen-bond donors (Lipinski definition) is 1. The lowest BCUT2D eigenvalue weighted by Crippen LogP contribution is -2.23. The zero-order chi connectivity index (χ0) is 14.0. The second kappa shape index (κ2) is 6.09. The molecule has 0 aliphatic carbocycles. The summed E-state index contributed by atoms with van der Waals surface area (Å²) >= 11 is 19.3. The Morgan fingerprint density at radius 2 is 2.00 bits per heavy atom. The summed E-state index contributed by atoms with van der Waals surface area (Å²) in [4.78, 5) is 16.3. The van der Waals surface area contributed by atoms with Crippen molar-refractivity contribution in [1.82, 2.24) is 10.3 Å². The van der Waals surface area contributed by atoms with Crippen molar-refractivity contribution < 1.29 is 4.79 Å². The first-order chi connectivity index (χ1) is 8.99. The Balaban J connectivity index is 2.14. The van der Waals surface area contributed by atoms with E-state index in [9.17, 15) is 4.79 Å². The standard InChI is InChI=1S/C12H9Cl3N2OS/c1-6-17-7(5-19-6)4-16-12(18)10-8(13)2-3-9(14)11(10)15/h2-3,5H,4H2,1H3,(H,16,18). The number of hydrogen-bond acceptors (Lipinski definition) is 3. The molecule has 7 heteroatoms. The first kappa shape index (κ1) is 14.6. The molecular formula is C12H9Cl3N2OS. The van der Waals surface area contributed by atoms with Crippen LogP contribution < -0.4 is 5.32 Å². The molecule has 100 valence electrons. The highest BCUT2D eigenvalue weighted by Gasteiger charge is 2.17. The van der Waals surface area contributed by atoms with Gasteiger partial charge in [-0.1, -0.05) is 34.8 Å². The van der Waals surface area contributed by atoms with Crippen LogP contribution in [0.2, 0.25) is 15.1 Å². The molecule has 1 amide bonds. The van der Waals surface area contributed by atoms with Crippen molar-refractivity contribution in [3.8, 4) is 0 Å². The van der Waals surface area contributed by atoms with Crippen LogP contribution in [-0.2, 0) is 6.54 Å². The normalized spacial score (nSPS) is 10.5. The molecule has 0 atom stereocenters. The Bertz CT molecular complexity index is 627. The van der Waals surface area contributed by atoms with Crippen LogP contribution >= 0.6 is 46.1 Å². The largest absolute Gasteiger partial charge is 0.346 e. The maximum absolute atomic E-state index is 12.1. The number of carbonyl (C=O) groups is 1. The van der Waals surface area contributed by atoms with Crippen LogP contribution in [0.25, 0.3) is 0 Å². The fraction of sp³-hybridized carbons (Fsp3) is 0.167. The lowest BCUT2D eigenvalue weighted by atomic mass is 10.2. The lowest BCUT2D eigenvalue weighted by molar-refractivity contribution is 0.0951. The van der Waals surface area contributed by atoms with Gasteiger partial charge in [0, 0.05) is 5.38 Å². The summed E-state index contributed by atoms with van der Waals surface area (Å²) in [5, 5.41) is 6.26.